The summed E-state index contributed by atoms with van der Waals surface area (Å²) in [5.74, 6) is -1.26. The second-order valence-corrected chi connectivity index (χ2v) is 3.43. The number of aliphatic carboxylic acids is 1. The van der Waals surface area contributed by atoms with Crippen molar-refractivity contribution in [2.24, 2.45) is 11.8 Å². The largest absolute Gasteiger partial charge is 0.481 e. The molecular weight excluding hydrogens is 172 g/mol. The van der Waals surface area contributed by atoms with Crippen LogP contribution in [0.1, 0.15) is 0 Å². The van der Waals surface area contributed by atoms with Crippen LogP contribution in [0, 0.1) is 11.8 Å². The Balaban J connectivity index is 2.15. The highest BCUT2D eigenvalue weighted by Crippen LogP contribution is 2.39. The Morgan fingerprint density at radius 3 is 2.85 bits per heavy atom. The van der Waals surface area contributed by atoms with E-state index < -0.39 is 11.9 Å². The first-order valence-corrected chi connectivity index (χ1v) is 4.29. The molecule has 0 aromatic heterocycles. The van der Waals surface area contributed by atoms with Gasteiger partial charge in [0.05, 0.1) is 24.7 Å². The lowest BCUT2D eigenvalue weighted by Gasteiger charge is -2.20. The van der Waals surface area contributed by atoms with Gasteiger partial charge in [-0.15, -0.1) is 0 Å². The van der Waals surface area contributed by atoms with Crippen LogP contribution in [0.4, 0.5) is 0 Å². The van der Waals surface area contributed by atoms with Crippen LogP contribution in [0.5, 0.6) is 0 Å². The number of hydrogen-bond acceptors (Lipinski definition) is 3. The predicted molar refractivity (Wildman–Crippen MR) is 44.3 cm³/mol. The molecule has 2 heterocycles. The molecule has 0 aromatic rings. The van der Waals surface area contributed by atoms with Crippen molar-refractivity contribution in [1.82, 2.24) is 0 Å². The molecule has 2 rings (SSSR count). The van der Waals surface area contributed by atoms with E-state index in [1.807, 2.05) is 12.2 Å². The topological polar surface area (TPSA) is 55.8 Å². The van der Waals surface area contributed by atoms with Gasteiger partial charge in [0.15, 0.2) is 0 Å². The van der Waals surface area contributed by atoms with Crippen LogP contribution in [-0.2, 0) is 14.3 Å². The molecule has 0 aromatic carbocycles. The van der Waals surface area contributed by atoms with E-state index in [-0.39, 0.29) is 18.1 Å². The van der Waals surface area contributed by atoms with Gasteiger partial charge in [-0.25, -0.2) is 0 Å². The average molecular weight is 184 g/mol. The van der Waals surface area contributed by atoms with Gasteiger partial charge in [0.2, 0.25) is 0 Å². The van der Waals surface area contributed by atoms with Gasteiger partial charge in [0.1, 0.15) is 0 Å². The van der Waals surface area contributed by atoms with Gasteiger partial charge in [-0.1, -0.05) is 12.2 Å². The number of rotatable bonds is 3. The molecule has 1 N–H and O–H groups in total. The minimum atomic E-state index is -0.793. The fourth-order valence-electron chi connectivity index (χ4n) is 2.10. The molecule has 0 aliphatic carbocycles. The molecule has 1 fully saturated rings. The standard InChI is InChI=1S/C9H12O4/c1-12-4-5-6-2-3-7(13-6)8(5)9(10)11/h2-3,5-8H,4H2,1H3,(H,10,11). The molecule has 2 aliphatic rings. The summed E-state index contributed by atoms with van der Waals surface area (Å²) < 4.78 is 10.4. The van der Waals surface area contributed by atoms with E-state index in [2.05, 4.69) is 0 Å². The fourth-order valence-corrected chi connectivity index (χ4v) is 2.10. The van der Waals surface area contributed by atoms with E-state index in [0.29, 0.717) is 6.61 Å². The first-order chi connectivity index (χ1) is 6.24. The van der Waals surface area contributed by atoms with E-state index in [1.165, 1.54) is 0 Å². The summed E-state index contributed by atoms with van der Waals surface area (Å²) in [6.45, 7) is 0.447. The Morgan fingerprint density at radius 2 is 2.23 bits per heavy atom. The Hall–Kier alpha value is -0.870. The molecule has 0 amide bonds. The number of carboxylic acids is 1. The predicted octanol–water partition coefficient (Wildman–Crippen LogP) is 0.287. The Morgan fingerprint density at radius 1 is 1.54 bits per heavy atom. The van der Waals surface area contributed by atoms with Crippen LogP contribution < -0.4 is 0 Å². The highest BCUT2D eigenvalue weighted by Gasteiger charge is 2.49. The molecule has 2 bridgehead atoms. The quantitative estimate of drug-likeness (QED) is 0.640. The Labute approximate surface area is 76.1 Å². The monoisotopic (exact) mass is 184 g/mol. The van der Waals surface area contributed by atoms with Crippen LogP contribution in [0.2, 0.25) is 0 Å². The smallest absolute Gasteiger partial charge is 0.309 e. The molecular formula is C9H12O4. The van der Waals surface area contributed by atoms with Crippen molar-refractivity contribution in [1.29, 1.82) is 0 Å². The molecule has 0 saturated carbocycles. The summed E-state index contributed by atoms with van der Waals surface area (Å²) >= 11 is 0. The second kappa shape index (κ2) is 3.12. The molecule has 0 radical (unpaired) electrons. The zero-order chi connectivity index (χ0) is 9.42. The van der Waals surface area contributed by atoms with Crippen molar-refractivity contribution in [2.45, 2.75) is 12.2 Å². The third-order valence-corrected chi connectivity index (χ3v) is 2.69. The van der Waals surface area contributed by atoms with Crippen LogP contribution in [-0.4, -0.2) is 37.0 Å². The van der Waals surface area contributed by atoms with Gasteiger partial charge in [-0.05, 0) is 0 Å². The zero-order valence-electron chi connectivity index (χ0n) is 7.34. The third kappa shape index (κ3) is 1.26. The summed E-state index contributed by atoms with van der Waals surface area (Å²) in [6.07, 6.45) is 3.44. The molecule has 72 valence electrons. The van der Waals surface area contributed by atoms with Crippen LogP contribution in [0.3, 0.4) is 0 Å². The lowest BCUT2D eigenvalue weighted by atomic mass is 9.84. The van der Waals surface area contributed by atoms with Crippen molar-refractivity contribution >= 4 is 5.97 Å². The van der Waals surface area contributed by atoms with E-state index >= 15 is 0 Å². The van der Waals surface area contributed by atoms with Crippen LogP contribution in [0.15, 0.2) is 12.2 Å². The van der Waals surface area contributed by atoms with Crippen molar-refractivity contribution in [2.75, 3.05) is 13.7 Å². The molecule has 4 nitrogen and oxygen atoms in total. The van der Waals surface area contributed by atoms with Gasteiger partial charge >= 0.3 is 5.97 Å². The Kier molecular flexibility index (Phi) is 2.09. The maximum atomic E-state index is 10.9. The lowest BCUT2D eigenvalue weighted by molar-refractivity contribution is -0.144. The van der Waals surface area contributed by atoms with E-state index in [9.17, 15) is 4.79 Å². The number of ether oxygens (including phenoxy) is 2. The van der Waals surface area contributed by atoms with Crippen molar-refractivity contribution in [3.63, 3.8) is 0 Å². The minimum absolute atomic E-state index is 0.0301. The lowest BCUT2D eigenvalue weighted by Crippen LogP contribution is -2.33. The zero-order valence-corrected chi connectivity index (χ0v) is 7.34. The van der Waals surface area contributed by atoms with Gasteiger partial charge in [-0.2, -0.15) is 0 Å². The number of carbonyl (C=O) groups is 1. The molecule has 0 spiro atoms. The highest BCUT2D eigenvalue weighted by atomic mass is 16.5. The summed E-state index contributed by atoms with van der Waals surface area (Å²) in [7, 11) is 1.58. The minimum Gasteiger partial charge on any atom is -0.481 e. The Bertz CT molecular complexity index is 248. The van der Waals surface area contributed by atoms with E-state index in [0.717, 1.165) is 0 Å². The maximum Gasteiger partial charge on any atom is 0.309 e. The highest BCUT2D eigenvalue weighted by molar-refractivity contribution is 5.72. The third-order valence-electron chi connectivity index (χ3n) is 2.69. The number of carboxylic acid groups (broad SMARTS) is 1. The molecule has 4 atom stereocenters. The van der Waals surface area contributed by atoms with E-state index in [4.69, 9.17) is 14.6 Å². The summed E-state index contributed by atoms with van der Waals surface area (Å²) in [5.41, 5.74) is 0. The maximum absolute atomic E-state index is 10.9. The SMILES string of the molecule is COCC1C2C=CC(O2)C1C(=O)O. The summed E-state index contributed by atoms with van der Waals surface area (Å²) in [6, 6.07) is 0. The summed E-state index contributed by atoms with van der Waals surface area (Å²) in [5, 5.41) is 8.96. The average Bonchev–Trinajstić information content (AvgIpc) is 2.63. The van der Waals surface area contributed by atoms with Crippen LogP contribution in [0.25, 0.3) is 0 Å². The number of hydrogen-bond donors (Lipinski definition) is 1. The van der Waals surface area contributed by atoms with Crippen LogP contribution >= 0.6 is 0 Å². The molecule has 13 heavy (non-hydrogen) atoms. The van der Waals surface area contributed by atoms with Gasteiger partial charge in [0.25, 0.3) is 0 Å². The molecule has 2 aliphatic heterocycles. The van der Waals surface area contributed by atoms with Crippen molar-refractivity contribution < 1.29 is 19.4 Å². The van der Waals surface area contributed by atoms with Gasteiger partial charge < -0.3 is 14.6 Å². The fraction of sp³-hybridized carbons (Fsp3) is 0.667. The van der Waals surface area contributed by atoms with E-state index in [1.54, 1.807) is 7.11 Å². The normalized spacial score (nSPS) is 41.3. The van der Waals surface area contributed by atoms with Gasteiger partial charge in [0, 0.05) is 13.0 Å². The number of methoxy groups -OCH3 is 1. The van der Waals surface area contributed by atoms with Crippen molar-refractivity contribution in [3.8, 4) is 0 Å². The first-order valence-electron chi connectivity index (χ1n) is 4.29. The van der Waals surface area contributed by atoms with Gasteiger partial charge in [-0.3, -0.25) is 4.79 Å². The first kappa shape index (κ1) is 8.72. The second-order valence-electron chi connectivity index (χ2n) is 3.43. The summed E-state index contributed by atoms with van der Waals surface area (Å²) in [4.78, 5) is 10.9. The molecule has 4 unspecified atom stereocenters. The molecule has 4 heteroatoms. The number of fused-ring (bicyclic) bond motifs is 2. The van der Waals surface area contributed by atoms with Crippen molar-refractivity contribution in [3.05, 3.63) is 12.2 Å². The molecule has 1 saturated heterocycles.